The van der Waals surface area contributed by atoms with Gasteiger partial charge in [-0.15, -0.1) is 0 Å². The van der Waals surface area contributed by atoms with Crippen molar-refractivity contribution in [2.24, 2.45) is 0 Å². The zero-order valence-corrected chi connectivity index (χ0v) is 15.4. The molecule has 0 saturated heterocycles. The van der Waals surface area contributed by atoms with E-state index in [-0.39, 0.29) is 0 Å². The summed E-state index contributed by atoms with van der Waals surface area (Å²) in [6.07, 6.45) is 7.36. The number of aromatic nitrogens is 3. The molecule has 0 fully saturated rings. The van der Waals surface area contributed by atoms with Crippen LogP contribution in [0.1, 0.15) is 11.1 Å². The lowest BCUT2D eigenvalue weighted by molar-refractivity contribution is 0.485. The van der Waals surface area contributed by atoms with Crippen LogP contribution in [0.15, 0.2) is 71.9 Å². The number of nitrogens with zero attached hydrogens (tertiary/aromatic N) is 3. The number of nitrogens with one attached hydrogen (secondary N) is 1. The molecule has 0 spiro atoms. The fourth-order valence-electron chi connectivity index (χ4n) is 2.88. The highest BCUT2D eigenvalue weighted by molar-refractivity contribution is 9.10. The fourth-order valence-corrected chi connectivity index (χ4v) is 3.25. The smallest absolute Gasteiger partial charge is 0.161 e. The van der Waals surface area contributed by atoms with Gasteiger partial charge in [0.2, 0.25) is 0 Å². The van der Waals surface area contributed by atoms with Gasteiger partial charge in [0.05, 0.1) is 11.9 Å². The van der Waals surface area contributed by atoms with E-state index in [4.69, 9.17) is 0 Å². The second-order valence-electron chi connectivity index (χ2n) is 5.97. The predicted molar refractivity (Wildman–Crippen MR) is 105 cm³/mol. The Morgan fingerprint density at radius 2 is 1.92 bits per heavy atom. The van der Waals surface area contributed by atoms with Gasteiger partial charge in [0.1, 0.15) is 11.3 Å². The number of benzene rings is 1. The molecule has 3 aromatic heterocycles. The number of rotatable bonds is 5. The van der Waals surface area contributed by atoms with E-state index in [1.54, 1.807) is 18.5 Å². The number of fused-ring (bicyclic) bond motifs is 1. The van der Waals surface area contributed by atoms with Gasteiger partial charge in [0.25, 0.3) is 0 Å². The molecule has 4 aromatic rings. The molecule has 130 valence electrons. The van der Waals surface area contributed by atoms with Crippen molar-refractivity contribution in [3.63, 3.8) is 0 Å². The summed E-state index contributed by atoms with van der Waals surface area (Å²) in [5, 5.41) is 3.44. The number of imidazole rings is 1. The maximum absolute atomic E-state index is 13.0. The molecule has 4 nitrogen and oxygen atoms in total. The van der Waals surface area contributed by atoms with E-state index in [2.05, 4.69) is 31.2 Å². The molecule has 0 aliphatic rings. The van der Waals surface area contributed by atoms with Crippen LogP contribution in [0.3, 0.4) is 0 Å². The van der Waals surface area contributed by atoms with Gasteiger partial charge in [-0.05, 0) is 50.8 Å². The molecule has 0 atom stereocenters. The Kier molecular flexibility index (Phi) is 4.67. The van der Waals surface area contributed by atoms with Crippen molar-refractivity contribution in [3.8, 4) is 11.1 Å². The lowest BCUT2D eigenvalue weighted by Gasteiger charge is -2.12. The zero-order valence-electron chi connectivity index (χ0n) is 13.9. The van der Waals surface area contributed by atoms with Crippen molar-refractivity contribution in [3.05, 3.63) is 83.0 Å². The number of pyridine rings is 2. The van der Waals surface area contributed by atoms with Gasteiger partial charge >= 0.3 is 0 Å². The van der Waals surface area contributed by atoms with E-state index < -0.39 is 6.67 Å². The third-order valence-electron chi connectivity index (χ3n) is 4.18. The molecule has 1 aromatic carbocycles. The SMILES string of the molecule is FCc1cccc(-c2cc(NCc3cccnc3)c3ncc(Br)n3c2)c1. The molecule has 6 heteroatoms. The number of anilines is 1. The van der Waals surface area contributed by atoms with Crippen LogP contribution in [-0.2, 0) is 13.2 Å². The zero-order chi connectivity index (χ0) is 17.9. The molecule has 0 amide bonds. The molecule has 0 saturated carbocycles. The van der Waals surface area contributed by atoms with Crippen LogP contribution in [0, 0.1) is 0 Å². The van der Waals surface area contributed by atoms with Crippen LogP contribution in [-0.4, -0.2) is 14.4 Å². The molecule has 0 aliphatic carbocycles. The highest BCUT2D eigenvalue weighted by Gasteiger charge is 2.10. The van der Waals surface area contributed by atoms with Crippen LogP contribution in [0.5, 0.6) is 0 Å². The summed E-state index contributed by atoms with van der Waals surface area (Å²) in [5.74, 6) is 0. The van der Waals surface area contributed by atoms with Crippen molar-refractivity contribution in [1.29, 1.82) is 0 Å². The molecule has 0 bridgehead atoms. The molecule has 26 heavy (non-hydrogen) atoms. The monoisotopic (exact) mass is 410 g/mol. The average molecular weight is 411 g/mol. The summed E-state index contributed by atoms with van der Waals surface area (Å²) < 4.78 is 15.9. The Balaban J connectivity index is 1.76. The Morgan fingerprint density at radius 1 is 1.04 bits per heavy atom. The number of hydrogen-bond donors (Lipinski definition) is 1. The van der Waals surface area contributed by atoms with Crippen molar-refractivity contribution >= 4 is 27.3 Å². The molecular weight excluding hydrogens is 395 g/mol. The van der Waals surface area contributed by atoms with E-state index in [1.165, 1.54) is 0 Å². The average Bonchev–Trinajstić information content (AvgIpc) is 3.08. The molecule has 1 N–H and O–H groups in total. The van der Waals surface area contributed by atoms with E-state index >= 15 is 0 Å². The topological polar surface area (TPSA) is 42.2 Å². The molecule has 0 aliphatic heterocycles. The highest BCUT2D eigenvalue weighted by atomic mass is 79.9. The Labute approximate surface area is 158 Å². The number of alkyl halides is 1. The minimum Gasteiger partial charge on any atom is -0.378 e. The Morgan fingerprint density at radius 3 is 2.73 bits per heavy atom. The summed E-state index contributed by atoms with van der Waals surface area (Å²) in [5.41, 5.74) is 5.43. The quantitative estimate of drug-likeness (QED) is 0.489. The highest BCUT2D eigenvalue weighted by Crippen LogP contribution is 2.29. The summed E-state index contributed by atoms with van der Waals surface area (Å²) in [7, 11) is 0. The van der Waals surface area contributed by atoms with E-state index in [0.717, 1.165) is 32.6 Å². The summed E-state index contributed by atoms with van der Waals surface area (Å²) in [6.45, 7) is 0.166. The van der Waals surface area contributed by atoms with Gasteiger partial charge in [-0.2, -0.15) is 0 Å². The van der Waals surface area contributed by atoms with Crippen LogP contribution >= 0.6 is 15.9 Å². The third-order valence-corrected chi connectivity index (χ3v) is 4.77. The van der Waals surface area contributed by atoms with Gasteiger partial charge in [0, 0.05) is 30.7 Å². The van der Waals surface area contributed by atoms with Crippen molar-refractivity contribution in [2.45, 2.75) is 13.2 Å². The van der Waals surface area contributed by atoms with Crippen LogP contribution < -0.4 is 5.32 Å². The van der Waals surface area contributed by atoms with Gasteiger partial charge in [0.15, 0.2) is 5.65 Å². The minimum absolute atomic E-state index is 0.475. The van der Waals surface area contributed by atoms with Gasteiger partial charge in [-0.3, -0.25) is 9.38 Å². The second kappa shape index (κ2) is 7.25. The largest absolute Gasteiger partial charge is 0.378 e. The minimum atomic E-state index is -0.475. The van der Waals surface area contributed by atoms with E-state index in [1.807, 2.05) is 53.2 Å². The molecule has 0 unspecified atom stereocenters. The Bertz CT molecular complexity index is 1050. The summed E-state index contributed by atoms with van der Waals surface area (Å²) in [4.78, 5) is 8.62. The van der Waals surface area contributed by atoms with Crippen LogP contribution in [0.4, 0.5) is 10.1 Å². The van der Waals surface area contributed by atoms with E-state index in [9.17, 15) is 4.39 Å². The summed E-state index contributed by atoms with van der Waals surface area (Å²) >= 11 is 3.53. The first-order chi connectivity index (χ1) is 12.7. The first-order valence-corrected chi connectivity index (χ1v) is 8.98. The maximum Gasteiger partial charge on any atom is 0.161 e. The fraction of sp³-hybridized carbons (Fsp3) is 0.100. The van der Waals surface area contributed by atoms with Crippen molar-refractivity contribution < 1.29 is 4.39 Å². The maximum atomic E-state index is 13.0. The first kappa shape index (κ1) is 16.7. The van der Waals surface area contributed by atoms with Gasteiger partial charge in [-0.25, -0.2) is 9.37 Å². The van der Waals surface area contributed by atoms with Gasteiger partial charge < -0.3 is 5.32 Å². The van der Waals surface area contributed by atoms with Gasteiger partial charge in [-0.1, -0.05) is 24.3 Å². The predicted octanol–water partition coefficient (Wildman–Crippen LogP) is 5.24. The normalized spacial score (nSPS) is 11.0. The van der Waals surface area contributed by atoms with Crippen LogP contribution in [0.2, 0.25) is 0 Å². The molecular formula is C20H16BrFN4. The van der Waals surface area contributed by atoms with Crippen molar-refractivity contribution in [2.75, 3.05) is 5.32 Å². The lowest BCUT2D eigenvalue weighted by atomic mass is 10.0. The summed E-state index contributed by atoms with van der Waals surface area (Å²) in [6, 6.07) is 13.5. The first-order valence-electron chi connectivity index (χ1n) is 8.19. The standard InChI is InChI=1S/C20H16BrFN4/c21-19-12-25-20-18(24-11-15-4-2-6-23-10-15)8-17(13-26(19)20)16-5-1-3-14(7-16)9-22/h1-8,10,12-13,24H,9,11H2. The van der Waals surface area contributed by atoms with Crippen molar-refractivity contribution in [1.82, 2.24) is 14.4 Å². The second-order valence-corrected chi connectivity index (χ2v) is 6.78. The molecule has 0 radical (unpaired) electrons. The Hall–Kier alpha value is -2.73. The molecule has 4 rings (SSSR count). The lowest BCUT2D eigenvalue weighted by Crippen LogP contribution is -2.02. The van der Waals surface area contributed by atoms with Crippen LogP contribution in [0.25, 0.3) is 16.8 Å². The van der Waals surface area contributed by atoms with E-state index in [0.29, 0.717) is 12.1 Å². The number of halogens is 2. The number of hydrogen-bond acceptors (Lipinski definition) is 3. The molecule has 3 heterocycles. The third kappa shape index (κ3) is 3.32.